The molecule has 37 heavy (non-hydrogen) atoms. The van der Waals surface area contributed by atoms with Crippen molar-refractivity contribution in [2.75, 3.05) is 13.2 Å². The van der Waals surface area contributed by atoms with Gasteiger partial charge in [0.05, 0.1) is 36.8 Å². The minimum Gasteiger partial charge on any atom is -0.376 e. The Morgan fingerprint density at radius 1 is 1.16 bits per heavy atom. The molecule has 3 aromatic rings. The van der Waals surface area contributed by atoms with Crippen LogP contribution in [0.5, 0.6) is 0 Å². The molecule has 0 N–H and O–H groups in total. The van der Waals surface area contributed by atoms with Gasteiger partial charge in [0.15, 0.2) is 0 Å². The van der Waals surface area contributed by atoms with Crippen LogP contribution in [0.1, 0.15) is 47.3 Å². The first-order valence-corrected chi connectivity index (χ1v) is 14.5. The van der Waals surface area contributed by atoms with Crippen LogP contribution in [0.3, 0.4) is 0 Å². The number of halogens is 2. The van der Waals surface area contributed by atoms with E-state index in [1.165, 1.54) is 24.4 Å². The van der Waals surface area contributed by atoms with Crippen LogP contribution in [0.2, 0.25) is 5.02 Å². The summed E-state index contributed by atoms with van der Waals surface area (Å²) in [6.45, 7) is 1.67. The molecule has 5 rings (SSSR count). The third-order valence-electron chi connectivity index (χ3n) is 6.78. The van der Waals surface area contributed by atoms with E-state index >= 15 is 0 Å². The molecule has 1 atom stereocenters. The van der Waals surface area contributed by atoms with Gasteiger partial charge in [-0.15, -0.1) is 0 Å². The number of sulfone groups is 1. The molecule has 1 unspecified atom stereocenters. The van der Waals surface area contributed by atoms with Gasteiger partial charge in [0.1, 0.15) is 5.82 Å². The minimum atomic E-state index is -3.98. The number of benzene rings is 2. The third kappa shape index (κ3) is 6.22. The van der Waals surface area contributed by atoms with E-state index in [9.17, 15) is 17.6 Å². The fraction of sp³-hybridized carbons (Fsp3) is 0.407. The zero-order valence-corrected chi connectivity index (χ0v) is 21.9. The molecular formula is C27H29ClFN3O4S. The van der Waals surface area contributed by atoms with Crippen LogP contribution in [-0.4, -0.2) is 48.0 Å². The second-order valence-corrected chi connectivity index (χ2v) is 12.1. The number of amides is 1. The monoisotopic (exact) mass is 545 g/mol. The molecule has 10 heteroatoms. The lowest BCUT2D eigenvalue weighted by atomic mass is 10.2. The van der Waals surface area contributed by atoms with Gasteiger partial charge < -0.3 is 14.2 Å². The molecule has 2 aromatic carbocycles. The normalized spacial score (nSPS) is 17.7. The van der Waals surface area contributed by atoms with E-state index in [1.807, 2.05) is 0 Å². The largest absolute Gasteiger partial charge is 0.376 e. The minimum absolute atomic E-state index is 0.0854. The van der Waals surface area contributed by atoms with Gasteiger partial charge in [0.2, 0.25) is 15.0 Å². The second kappa shape index (κ2) is 10.9. The summed E-state index contributed by atoms with van der Waals surface area (Å²) in [5.74, 6) is -0.835. The predicted octanol–water partition coefficient (Wildman–Crippen LogP) is 4.88. The molecule has 2 heterocycles. The highest BCUT2D eigenvalue weighted by Gasteiger charge is 2.31. The summed E-state index contributed by atoms with van der Waals surface area (Å²) in [5.41, 5.74) is 1.16. The average molecular weight is 546 g/mol. The van der Waals surface area contributed by atoms with Crippen LogP contribution in [-0.2, 0) is 33.4 Å². The number of imidazole rings is 1. The molecule has 0 bridgehead atoms. The average Bonchev–Trinajstić information content (AvgIpc) is 3.36. The number of hydrogen-bond acceptors (Lipinski definition) is 5. The number of aromatic nitrogens is 2. The maximum atomic E-state index is 14.3. The lowest BCUT2D eigenvalue weighted by Gasteiger charge is -2.24. The fourth-order valence-corrected chi connectivity index (χ4v) is 6.37. The van der Waals surface area contributed by atoms with E-state index in [1.54, 1.807) is 39.8 Å². The molecule has 2 aliphatic rings. The van der Waals surface area contributed by atoms with Gasteiger partial charge in [-0.05, 0) is 55.9 Å². The van der Waals surface area contributed by atoms with Gasteiger partial charge in [-0.3, -0.25) is 4.79 Å². The first-order valence-electron chi connectivity index (χ1n) is 12.5. The lowest BCUT2D eigenvalue weighted by molar-refractivity contribution is 0.0723. The maximum Gasteiger partial charge on any atom is 0.254 e. The van der Waals surface area contributed by atoms with Crippen molar-refractivity contribution in [1.29, 1.82) is 0 Å². The van der Waals surface area contributed by atoms with Gasteiger partial charge in [-0.2, -0.15) is 0 Å². The van der Waals surface area contributed by atoms with Crippen molar-refractivity contribution in [1.82, 2.24) is 14.5 Å². The smallest absolute Gasteiger partial charge is 0.254 e. The van der Waals surface area contributed by atoms with Crippen molar-refractivity contribution in [2.24, 2.45) is 5.92 Å². The van der Waals surface area contributed by atoms with E-state index in [0.29, 0.717) is 41.9 Å². The predicted molar refractivity (Wildman–Crippen MR) is 137 cm³/mol. The zero-order valence-electron chi connectivity index (χ0n) is 20.4. The van der Waals surface area contributed by atoms with Gasteiger partial charge in [-0.25, -0.2) is 17.8 Å². The molecule has 1 aliphatic heterocycles. The SMILES string of the molecule is O=C(c1cccc(Cl)c1)N(Cc1cnc(S(=O)(=O)Cc2ccccc2F)n1CC1CCCO1)CC1CC1. The molecule has 1 aromatic heterocycles. The summed E-state index contributed by atoms with van der Waals surface area (Å²) < 4.78 is 48.6. The topological polar surface area (TPSA) is 81.5 Å². The van der Waals surface area contributed by atoms with Crippen molar-refractivity contribution in [3.05, 3.63) is 82.4 Å². The van der Waals surface area contributed by atoms with Crippen molar-refractivity contribution in [3.8, 4) is 0 Å². The van der Waals surface area contributed by atoms with Crippen molar-refractivity contribution < 1.29 is 22.3 Å². The van der Waals surface area contributed by atoms with E-state index in [-0.39, 0.29) is 29.3 Å². The maximum absolute atomic E-state index is 14.3. The van der Waals surface area contributed by atoms with Crippen LogP contribution < -0.4 is 0 Å². The van der Waals surface area contributed by atoms with E-state index < -0.39 is 21.4 Å². The summed E-state index contributed by atoms with van der Waals surface area (Å²) in [4.78, 5) is 19.5. The van der Waals surface area contributed by atoms with Crippen molar-refractivity contribution in [2.45, 2.75) is 55.8 Å². The molecule has 1 amide bonds. The third-order valence-corrected chi connectivity index (χ3v) is 8.59. The number of carbonyl (C=O) groups excluding carboxylic acids is 1. The van der Waals surface area contributed by atoms with Crippen LogP contribution in [0, 0.1) is 11.7 Å². The number of rotatable bonds is 10. The molecule has 1 saturated carbocycles. The Morgan fingerprint density at radius 3 is 2.68 bits per heavy atom. The van der Waals surface area contributed by atoms with Gasteiger partial charge in [0.25, 0.3) is 5.91 Å². The Hall–Kier alpha value is -2.75. The summed E-state index contributed by atoms with van der Waals surface area (Å²) in [7, 11) is -3.98. The Labute approximate surface area is 221 Å². The van der Waals surface area contributed by atoms with Crippen LogP contribution in [0.25, 0.3) is 0 Å². The molecule has 196 valence electrons. The van der Waals surface area contributed by atoms with Crippen LogP contribution in [0.4, 0.5) is 4.39 Å². The first kappa shape index (κ1) is 25.9. The number of nitrogens with zero attached hydrogens (tertiary/aromatic N) is 3. The first-order chi connectivity index (χ1) is 17.8. The van der Waals surface area contributed by atoms with E-state index in [0.717, 1.165) is 25.7 Å². The zero-order chi connectivity index (χ0) is 26.0. The Bertz CT molecular complexity index is 1380. The fourth-order valence-electron chi connectivity index (χ4n) is 4.67. The standard InChI is InChI=1S/C27H29ClFN3O4S/c28-22-7-3-6-20(13-22)26(33)31(15-19-10-11-19)16-23-14-30-27(32(23)17-24-8-4-12-36-24)37(34,35)18-21-5-1-2-9-25(21)29/h1-3,5-7,9,13-14,19,24H,4,8,10-12,15-18H2. The van der Waals surface area contributed by atoms with E-state index in [2.05, 4.69) is 4.98 Å². The number of ether oxygens (including phenoxy) is 1. The summed E-state index contributed by atoms with van der Waals surface area (Å²) in [6.07, 6.45) is 5.16. The molecule has 1 aliphatic carbocycles. The Morgan fingerprint density at radius 2 is 1.97 bits per heavy atom. The van der Waals surface area contributed by atoms with Gasteiger partial charge in [0, 0.05) is 29.3 Å². The molecule has 0 radical (unpaired) electrons. The van der Waals surface area contributed by atoms with Gasteiger partial charge in [-0.1, -0.05) is 35.9 Å². The quantitative estimate of drug-likeness (QED) is 0.363. The van der Waals surface area contributed by atoms with Crippen LogP contribution >= 0.6 is 11.6 Å². The highest BCUT2D eigenvalue weighted by Crippen LogP contribution is 2.31. The molecule has 7 nitrogen and oxygen atoms in total. The Kier molecular flexibility index (Phi) is 7.65. The second-order valence-electron chi connectivity index (χ2n) is 9.77. The number of hydrogen-bond donors (Lipinski definition) is 0. The summed E-state index contributed by atoms with van der Waals surface area (Å²) in [5, 5.41) is 0.338. The number of carbonyl (C=O) groups is 1. The molecule has 2 fully saturated rings. The van der Waals surface area contributed by atoms with Crippen LogP contribution in [0.15, 0.2) is 59.9 Å². The highest BCUT2D eigenvalue weighted by atomic mass is 35.5. The highest BCUT2D eigenvalue weighted by molar-refractivity contribution is 7.90. The van der Waals surface area contributed by atoms with E-state index in [4.69, 9.17) is 16.3 Å². The molecule has 0 spiro atoms. The Balaban J connectivity index is 1.47. The summed E-state index contributed by atoms with van der Waals surface area (Å²) >= 11 is 6.13. The molecular weight excluding hydrogens is 517 g/mol. The van der Waals surface area contributed by atoms with Crippen molar-refractivity contribution in [3.63, 3.8) is 0 Å². The van der Waals surface area contributed by atoms with Gasteiger partial charge >= 0.3 is 0 Å². The van der Waals surface area contributed by atoms with Crippen molar-refractivity contribution >= 4 is 27.3 Å². The molecule has 1 saturated heterocycles. The lowest BCUT2D eigenvalue weighted by Crippen LogP contribution is -2.34. The summed E-state index contributed by atoms with van der Waals surface area (Å²) in [6, 6.07) is 12.6.